The lowest BCUT2D eigenvalue weighted by Crippen LogP contribution is -2.07. The van der Waals surface area contributed by atoms with Crippen LogP contribution in [0.15, 0.2) is 35.5 Å². The fraction of sp³-hybridized carbons (Fsp3) is 0.562. The summed E-state index contributed by atoms with van der Waals surface area (Å²) in [7, 11) is 1.41. The van der Waals surface area contributed by atoms with Crippen LogP contribution in [0.2, 0.25) is 0 Å². The molecule has 100 valence electrons. The van der Waals surface area contributed by atoms with Crippen molar-refractivity contribution >= 4 is 5.97 Å². The summed E-state index contributed by atoms with van der Waals surface area (Å²) in [5.74, 6) is 1.16. The highest BCUT2D eigenvalue weighted by atomic mass is 16.5. The van der Waals surface area contributed by atoms with Crippen molar-refractivity contribution in [1.82, 2.24) is 0 Å². The van der Waals surface area contributed by atoms with E-state index in [4.69, 9.17) is 0 Å². The number of rotatable bonds is 5. The van der Waals surface area contributed by atoms with Gasteiger partial charge < -0.3 is 4.74 Å². The van der Waals surface area contributed by atoms with Gasteiger partial charge in [0.15, 0.2) is 0 Å². The van der Waals surface area contributed by atoms with Gasteiger partial charge in [0.05, 0.1) is 7.11 Å². The average molecular weight is 248 g/mol. The smallest absolute Gasteiger partial charge is 0.333 e. The standard InChI is InChI=1S/C16H24O2/c1-12(2)15-10-8-14(9-11-15)7-5-6-13(3)16(17)18-4/h6,8-10,12,15H,5,7,11H2,1-4H3/t15-/m1/s1. The van der Waals surface area contributed by atoms with E-state index in [0.29, 0.717) is 17.4 Å². The summed E-state index contributed by atoms with van der Waals surface area (Å²) >= 11 is 0. The molecule has 2 nitrogen and oxygen atoms in total. The Balaban J connectivity index is 2.39. The van der Waals surface area contributed by atoms with Gasteiger partial charge in [-0.15, -0.1) is 0 Å². The monoisotopic (exact) mass is 248 g/mol. The minimum absolute atomic E-state index is 0.233. The largest absolute Gasteiger partial charge is 0.466 e. The Bertz CT molecular complexity index is 373. The van der Waals surface area contributed by atoms with Crippen molar-refractivity contribution in [2.45, 2.75) is 40.0 Å². The van der Waals surface area contributed by atoms with E-state index in [9.17, 15) is 4.79 Å². The van der Waals surface area contributed by atoms with Crippen LogP contribution in [0.4, 0.5) is 0 Å². The lowest BCUT2D eigenvalue weighted by Gasteiger charge is -2.19. The third-order valence-corrected chi connectivity index (χ3v) is 3.46. The maximum atomic E-state index is 11.2. The first-order chi connectivity index (χ1) is 8.54. The van der Waals surface area contributed by atoms with E-state index in [0.717, 1.165) is 19.3 Å². The minimum Gasteiger partial charge on any atom is -0.466 e. The average Bonchev–Trinajstić information content (AvgIpc) is 2.38. The van der Waals surface area contributed by atoms with Crippen molar-refractivity contribution in [2.75, 3.05) is 7.11 Å². The quantitative estimate of drug-likeness (QED) is 0.542. The molecule has 0 bridgehead atoms. The molecule has 1 aliphatic carbocycles. The molecule has 0 aromatic carbocycles. The molecule has 18 heavy (non-hydrogen) atoms. The van der Waals surface area contributed by atoms with Gasteiger partial charge in [-0.25, -0.2) is 4.79 Å². The van der Waals surface area contributed by atoms with Crippen molar-refractivity contribution in [3.05, 3.63) is 35.5 Å². The van der Waals surface area contributed by atoms with Crippen molar-refractivity contribution in [1.29, 1.82) is 0 Å². The first-order valence-corrected chi connectivity index (χ1v) is 6.67. The SMILES string of the molecule is COC(=O)C(C)=CCCC1=CC[C@H](C(C)C)C=C1. The van der Waals surface area contributed by atoms with E-state index in [1.54, 1.807) is 6.92 Å². The molecular weight excluding hydrogens is 224 g/mol. The number of methoxy groups -OCH3 is 1. The molecule has 1 aliphatic rings. The van der Waals surface area contributed by atoms with Gasteiger partial charge in [-0.05, 0) is 38.0 Å². The Labute approximate surface area is 110 Å². The summed E-state index contributed by atoms with van der Waals surface area (Å²) in [4.78, 5) is 11.2. The zero-order chi connectivity index (χ0) is 13.5. The fourth-order valence-electron chi connectivity index (χ4n) is 2.06. The minimum atomic E-state index is -0.233. The molecule has 0 radical (unpaired) electrons. The predicted octanol–water partition coefficient (Wildman–Crippen LogP) is 4.04. The van der Waals surface area contributed by atoms with Gasteiger partial charge in [-0.2, -0.15) is 0 Å². The van der Waals surface area contributed by atoms with Crippen molar-refractivity contribution in [3.8, 4) is 0 Å². The Hall–Kier alpha value is -1.31. The van der Waals surface area contributed by atoms with Crippen molar-refractivity contribution in [3.63, 3.8) is 0 Å². The molecule has 0 aromatic rings. The third kappa shape index (κ3) is 4.52. The molecule has 0 heterocycles. The highest BCUT2D eigenvalue weighted by Crippen LogP contribution is 2.25. The molecule has 0 amide bonds. The Kier molecular flexibility index (Phi) is 5.90. The summed E-state index contributed by atoms with van der Waals surface area (Å²) in [6, 6.07) is 0. The molecule has 1 atom stereocenters. The van der Waals surface area contributed by atoms with E-state index < -0.39 is 0 Å². The van der Waals surface area contributed by atoms with Gasteiger partial charge in [-0.3, -0.25) is 0 Å². The zero-order valence-corrected chi connectivity index (χ0v) is 11.9. The van der Waals surface area contributed by atoms with Gasteiger partial charge in [-0.1, -0.05) is 43.7 Å². The summed E-state index contributed by atoms with van der Waals surface area (Å²) in [6.45, 7) is 6.32. The van der Waals surface area contributed by atoms with Crippen LogP contribution in [-0.4, -0.2) is 13.1 Å². The van der Waals surface area contributed by atoms with Crippen LogP contribution in [0.3, 0.4) is 0 Å². The maximum Gasteiger partial charge on any atom is 0.333 e. The lowest BCUT2D eigenvalue weighted by atomic mass is 9.87. The first kappa shape index (κ1) is 14.7. The molecule has 0 N–H and O–H groups in total. The summed E-state index contributed by atoms with van der Waals surface area (Å²) in [5, 5.41) is 0. The lowest BCUT2D eigenvalue weighted by molar-refractivity contribution is -0.136. The van der Waals surface area contributed by atoms with Crippen LogP contribution in [0.25, 0.3) is 0 Å². The summed E-state index contributed by atoms with van der Waals surface area (Å²) < 4.78 is 4.66. The molecule has 0 spiro atoms. The second-order valence-electron chi connectivity index (χ2n) is 5.20. The van der Waals surface area contributed by atoms with Gasteiger partial charge >= 0.3 is 5.97 Å². The second kappa shape index (κ2) is 7.20. The van der Waals surface area contributed by atoms with Crippen LogP contribution in [0, 0.1) is 11.8 Å². The second-order valence-corrected chi connectivity index (χ2v) is 5.20. The molecule has 2 heteroatoms. The van der Waals surface area contributed by atoms with Gasteiger partial charge in [0.1, 0.15) is 0 Å². The molecular formula is C16H24O2. The molecule has 0 unspecified atom stereocenters. The topological polar surface area (TPSA) is 26.3 Å². The molecule has 0 fully saturated rings. The van der Waals surface area contributed by atoms with Crippen molar-refractivity contribution in [2.24, 2.45) is 11.8 Å². The Morgan fingerprint density at radius 1 is 1.56 bits per heavy atom. The highest BCUT2D eigenvalue weighted by Gasteiger charge is 2.11. The molecule has 0 aliphatic heterocycles. The first-order valence-electron chi connectivity index (χ1n) is 6.67. The Morgan fingerprint density at radius 3 is 2.78 bits per heavy atom. The maximum absolute atomic E-state index is 11.2. The van der Waals surface area contributed by atoms with E-state index >= 15 is 0 Å². The van der Waals surface area contributed by atoms with Crippen LogP contribution < -0.4 is 0 Å². The molecule has 0 saturated carbocycles. The van der Waals surface area contributed by atoms with Crippen molar-refractivity contribution < 1.29 is 9.53 Å². The van der Waals surface area contributed by atoms with Crippen LogP contribution in [0.1, 0.15) is 40.0 Å². The normalized spacial score (nSPS) is 19.9. The van der Waals surface area contributed by atoms with Crippen LogP contribution in [-0.2, 0) is 9.53 Å². The number of ether oxygens (including phenoxy) is 1. The number of allylic oxidation sites excluding steroid dienone is 5. The Morgan fingerprint density at radius 2 is 2.28 bits per heavy atom. The van der Waals surface area contributed by atoms with Gasteiger partial charge in [0.2, 0.25) is 0 Å². The van der Waals surface area contributed by atoms with E-state index in [2.05, 4.69) is 36.8 Å². The van der Waals surface area contributed by atoms with Crippen LogP contribution >= 0.6 is 0 Å². The van der Waals surface area contributed by atoms with E-state index in [-0.39, 0.29) is 5.97 Å². The number of carbonyl (C=O) groups excluding carboxylic acids is 1. The highest BCUT2D eigenvalue weighted by molar-refractivity contribution is 5.87. The number of hydrogen-bond acceptors (Lipinski definition) is 2. The predicted molar refractivity (Wildman–Crippen MR) is 75.2 cm³/mol. The third-order valence-electron chi connectivity index (χ3n) is 3.46. The molecule has 1 rings (SSSR count). The van der Waals surface area contributed by atoms with E-state index in [1.165, 1.54) is 12.7 Å². The summed E-state index contributed by atoms with van der Waals surface area (Å²) in [6.07, 6.45) is 11.9. The van der Waals surface area contributed by atoms with E-state index in [1.807, 2.05) is 6.08 Å². The number of carbonyl (C=O) groups is 1. The number of esters is 1. The zero-order valence-electron chi connectivity index (χ0n) is 11.9. The number of hydrogen-bond donors (Lipinski definition) is 0. The molecule has 0 saturated heterocycles. The fourth-order valence-corrected chi connectivity index (χ4v) is 2.06. The van der Waals surface area contributed by atoms with Gasteiger partial charge in [0.25, 0.3) is 0 Å². The van der Waals surface area contributed by atoms with Gasteiger partial charge in [0, 0.05) is 5.57 Å². The molecule has 0 aromatic heterocycles. The summed E-state index contributed by atoms with van der Waals surface area (Å²) in [5.41, 5.74) is 2.07. The van der Waals surface area contributed by atoms with Crippen LogP contribution in [0.5, 0.6) is 0 Å².